The average molecular weight is 342 g/mol. The molecule has 0 radical (unpaired) electrons. The summed E-state index contributed by atoms with van der Waals surface area (Å²) in [6, 6.07) is 8.55. The summed E-state index contributed by atoms with van der Waals surface area (Å²) in [4.78, 5) is 22.3. The minimum atomic E-state index is -0.392. The van der Waals surface area contributed by atoms with Crippen molar-refractivity contribution in [2.45, 2.75) is 32.9 Å². The molecular formula is C18H22N4O3. The number of phenols is 1. The maximum Gasteiger partial charge on any atom is 0.415 e. The third-order valence-corrected chi connectivity index (χ3v) is 4.31. The number of amides is 1. The van der Waals surface area contributed by atoms with Crippen LogP contribution in [0.3, 0.4) is 0 Å². The van der Waals surface area contributed by atoms with Gasteiger partial charge in [0.25, 0.3) is 0 Å². The lowest BCUT2D eigenvalue weighted by Crippen LogP contribution is -2.37. The summed E-state index contributed by atoms with van der Waals surface area (Å²) < 4.78 is 5.17. The molecule has 1 fully saturated rings. The number of carbonyl (C=O) groups is 1. The zero-order valence-corrected chi connectivity index (χ0v) is 14.5. The number of hydrogen-bond acceptors (Lipinski definition) is 6. The summed E-state index contributed by atoms with van der Waals surface area (Å²) in [5.74, 6) is 1.35. The van der Waals surface area contributed by atoms with Crippen LogP contribution in [0.25, 0.3) is 0 Å². The van der Waals surface area contributed by atoms with Gasteiger partial charge in [-0.3, -0.25) is 4.90 Å². The van der Waals surface area contributed by atoms with Crippen LogP contribution in [0, 0.1) is 5.92 Å². The number of aromatic nitrogens is 2. The van der Waals surface area contributed by atoms with Crippen LogP contribution in [-0.4, -0.2) is 33.8 Å². The fourth-order valence-electron chi connectivity index (χ4n) is 2.87. The van der Waals surface area contributed by atoms with Crippen molar-refractivity contribution in [2.75, 3.05) is 16.8 Å². The van der Waals surface area contributed by atoms with Gasteiger partial charge in [-0.25, -0.2) is 9.78 Å². The molecule has 3 rings (SSSR count). The number of aromatic hydroxyl groups is 1. The van der Waals surface area contributed by atoms with Crippen molar-refractivity contribution in [1.82, 2.24) is 9.97 Å². The highest BCUT2D eigenvalue weighted by Crippen LogP contribution is 2.28. The Kier molecular flexibility index (Phi) is 4.74. The fourth-order valence-corrected chi connectivity index (χ4v) is 2.87. The normalized spacial score (nSPS) is 18.3. The molecule has 0 saturated carbocycles. The Morgan fingerprint density at radius 3 is 2.76 bits per heavy atom. The fraction of sp³-hybridized carbons (Fsp3) is 0.389. The van der Waals surface area contributed by atoms with Crippen molar-refractivity contribution in [3.8, 4) is 5.75 Å². The van der Waals surface area contributed by atoms with Crippen molar-refractivity contribution in [3.05, 3.63) is 42.1 Å². The molecule has 132 valence electrons. The number of nitrogens with zero attached hydrogens (tertiary/aromatic N) is 3. The zero-order chi connectivity index (χ0) is 18.0. The van der Waals surface area contributed by atoms with E-state index in [-0.39, 0.29) is 23.8 Å². The maximum absolute atomic E-state index is 12.1. The van der Waals surface area contributed by atoms with Crippen molar-refractivity contribution in [3.63, 3.8) is 0 Å². The molecule has 2 N–H and O–H groups in total. The molecule has 1 saturated heterocycles. The summed E-state index contributed by atoms with van der Waals surface area (Å²) in [5, 5.41) is 13.1. The molecule has 2 atom stereocenters. The van der Waals surface area contributed by atoms with Crippen molar-refractivity contribution >= 4 is 17.9 Å². The van der Waals surface area contributed by atoms with Gasteiger partial charge in [0.1, 0.15) is 18.2 Å². The third kappa shape index (κ3) is 3.50. The van der Waals surface area contributed by atoms with Gasteiger partial charge in [0.2, 0.25) is 5.95 Å². The number of carbonyl (C=O) groups excluding carboxylic acids is 1. The highest BCUT2D eigenvalue weighted by molar-refractivity contribution is 5.89. The largest absolute Gasteiger partial charge is 0.508 e. The van der Waals surface area contributed by atoms with E-state index in [2.05, 4.69) is 15.3 Å². The minimum Gasteiger partial charge on any atom is -0.508 e. The lowest BCUT2D eigenvalue weighted by Gasteiger charge is -2.24. The molecule has 0 spiro atoms. The molecule has 1 amide bonds. The van der Waals surface area contributed by atoms with Gasteiger partial charge in [0.05, 0.1) is 12.1 Å². The molecule has 1 aromatic carbocycles. The van der Waals surface area contributed by atoms with Gasteiger partial charge in [-0.05, 0) is 25.0 Å². The number of para-hydroxylation sites is 1. The summed E-state index contributed by atoms with van der Waals surface area (Å²) >= 11 is 0. The Balaban J connectivity index is 1.82. The summed E-state index contributed by atoms with van der Waals surface area (Å²) in [6.45, 7) is 6.35. The number of benzene rings is 1. The van der Waals surface area contributed by atoms with Crippen LogP contribution in [0.4, 0.5) is 16.6 Å². The molecule has 1 aliphatic rings. The van der Waals surface area contributed by atoms with E-state index in [1.807, 2.05) is 32.9 Å². The van der Waals surface area contributed by atoms with Crippen LogP contribution in [0.5, 0.6) is 5.75 Å². The number of phenolic OH excluding ortho intramolecular Hbond substituents is 1. The van der Waals surface area contributed by atoms with Gasteiger partial charge < -0.3 is 15.2 Å². The average Bonchev–Trinajstić information content (AvgIpc) is 2.97. The first-order valence-corrected chi connectivity index (χ1v) is 8.31. The molecule has 2 aromatic rings. The zero-order valence-electron chi connectivity index (χ0n) is 14.5. The van der Waals surface area contributed by atoms with Crippen LogP contribution >= 0.6 is 0 Å². The number of hydrogen-bond donors (Lipinski definition) is 2. The minimum absolute atomic E-state index is 0.0501. The van der Waals surface area contributed by atoms with E-state index >= 15 is 0 Å². The molecule has 25 heavy (non-hydrogen) atoms. The van der Waals surface area contributed by atoms with Crippen molar-refractivity contribution in [1.29, 1.82) is 0 Å². The van der Waals surface area contributed by atoms with Gasteiger partial charge in [-0.15, -0.1) is 0 Å². The maximum atomic E-state index is 12.1. The standard InChI is InChI=1S/C18H22N4O3/c1-11(2)14-10-25-18(24)22(14)16-8-9-19-17(21-16)20-12(3)13-6-4-5-7-15(13)23/h4-9,11-12,14,23H,10H2,1-3H3,(H,19,20,21)/t12-,14?/m1/s1. The second-order valence-corrected chi connectivity index (χ2v) is 6.42. The quantitative estimate of drug-likeness (QED) is 0.866. The van der Waals surface area contributed by atoms with Crippen LogP contribution in [-0.2, 0) is 4.74 Å². The van der Waals surface area contributed by atoms with Gasteiger partial charge in [-0.1, -0.05) is 32.0 Å². The van der Waals surface area contributed by atoms with E-state index in [1.54, 1.807) is 29.3 Å². The second-order valence-electron chi connectivity index (χ2n) is 6.42. The van der Waals surface area contributed by atoms with E-state index in [4.69, 9.17) is 4.74 Å². The monoisotopic (exact) mass is 342 g/mol. The first-order valence-electron chi connectivity index (χ1n) is 8.31. The number of cyclic esters (lactones) is 1. The Morgan fingerprint density at radius 2 is 2.04 bits per heavy atom. The Morgan fingerprint density at radius 1 is 1.28 bits per heavy atom. The molecule has 1 aliphatic heterocycles. The van der Waals surface area contributed by atoms with E-state index in [0.717, 1.165) is 5.56 Å². The molecule has 7 nitrogen and oxygen atoms in total. The predicted octanol–water partition coefficient (Wildman–Crippen LogP) is 3.34. The lowest BCUT2D eigenvalue weighted by molar-refractivity contribution is 0.177. The number of rotatable bonds is 5. The molecule has 1 unspecified atom stereocenters. The van der Waals surface area contributed by atoms with E-state index < -0.39 is 6.09 Å². The third-order valence-electron chi connectivity index (χ3n) is 4.31. The predicted molar refractivity (Wildman–Crippen MR) is 94.6 cm³/mol. The topological polar surface area (TPSA) is 87.6 Å². The first-order chi connectivity index (χ1) is 12.0. The number of ether oxygens (including phenoxy) is 1. The number of nitrogens with one attached hydrogen (secondary N) is 1. The van der Waals surface area contributed by atoms with Gasteiger partial charge in [0, 0.05) is 11.8 Å². The summed E-state index contributed by atoms with van der Waals surface area (Å²) in [5.41, 5.74) is 0.747. The molecule has 7 heteroatoms. The Bertz CT molecular complexity index is 765. The molecule has 1 aromatic heterocycles. The van der Waals surface area contributed by atoms with Gasteiger partial charge in [0.15, 0.2) is 0 Å². The second kappa shape index (κ2) is 6.96. The highest BCUT2D eigenvalue weighted by atomic mass is 16.6. The van der Waals surface area contributed by atoms with Gasteiger partial charge in [-0.2, -0.15) is 4.98 Å². The van der Waals surface area contributed by atoms with E-state index in [0.29, 0.717) is 18.4 Å². The molecule has 2 heterocycles. The van der Waals surface area contributed by atoms with E-state index in [1.165, 1.54) is 0 Å². The summed E-state index contributed by atoms with van der Waals surface area (Å²) in [6.07, 6.45) is 1.21. The van der Waals surface area contributed by atoms with Crippen LogP contribution < -0.4 is 10.2 Å². The SMILES string of the molecule is CC(C)C1COC(=O)N1c1ccnc(N[C@H](C)c2ccccc2O)n1. The Labute approximate surface area is 146 Å². The van der Waals surface area contributed by atoms with Gasteiger partial charge >= 0.3 is 6.09 Å². The van der Waals surface area contributed by atoms with Crippen molar-refractivity contribution < 1.29 is 14.6 Å². The molecular weight excluding hydrogens is 320 g/mol. The van der Waals surface area contributed by atoms with Crippen LogP contribution in [0.2, 0.25) is 0 Å². The first kappa shape index (κ1) is 17.0. The smallest absolute Gasteiger partial charge is 0.415 e. The molecule has 0 bridgehead atoms. The van der Waals surface area contributed by atoms with Crippen LogP contribution in [0.1, 0.15) is 32.4 Å². The lowest BCUT2D eigenvalue weighted by atomic mass is 10.0. The molecule has 0 aliphatic carbocycles. The number of anilines is 2. The summed E-state index contributed by atoms with van der Waals surface area (Å²) in [7, 11) is 0. The van der Waals surface area contributed by atoms with Crippen LogP contribution in [0.15, 0.2) is 36.5 Å². The van der Waals surface area contributed by atoms with Crippen molar-refractivity contribution in [2.24, 2.45) is 5.92 Å². The Hall–Kier alpha value is -2.83. The van der Waals surface area contributed by atoms with E-state index in [9.17, 15) is 9.90 Å². The highest BCUT2D eigenvalue weighted by Gasteiger charge is 2.37.